The summed E-state index contributed by atoms with van der Waals surface area (Å²) in [4.78, 5) is 25.5. The van der Waals surface area contributed by atoms with E-state index in [9.17, 15) is 14.7 Å². The quantitative estimate of drug-likeness (QED) is 0.689. The van der Waals surface area contributed by atoms with Crippen molar-refractivity contribution < 1.29 is 28.9 Å². The average molecular weight is 411 g/mol. The molecule has 1 heterocycles. The number of hydrogen-bond acceptors (Lipinski definition) is 6. The number of hydrogen-bond donors (Lipinski definition) is 1. The first kappa shape index (κ1) is 21.2. The molecule has 0 aliphatic carbocycles. The number of nitrogens with zero attached hydrogens (tertiary/aromatic N) is 1. The lowest BCUT2D eigenvalue weighted by molar-refractivity contribution is 0.108. The van der Waals surface area contributed by atoms with Crippen molar-refractivity contribution in [1.29, 1.82) is 0 Å². The van der Waals surface area contributed by atoms with E-state index in [1.165, 1.54) is 6.07 Å². The van der Waals surface area contributed by atoms with Gasteiger partial charge in [0, 0.05) is 19.0 Å². The van der Waals surface area contributed by atoms with Crippen LogP contribution in [0.5, 0.6) is 23.0 Å². The Morgan fingerprint density at radius 2 is 1.93 bits per heavy atom. The van der Waals surface area contributed by atoms with Crippen LogP contribution in [0.4, 0.5) is 4.79 Å². The Hall–Kier alpha value is -3.48. The van der Waals surface area contributed by atoms with E-state index in [0.29, 0.717) is 48.8 Å². The summed E-state index contributed by atoms with van der Waals surface area (Å²) < 4.78 is 16.6. The molecular weight excluding hydrogens is 386 g/mol. The first-order valence-electron chi connectivity index (χ1n) is 9.73. The van der Waals surface area contributed by atoms with E-state index in [2.05, 4.69) is 6.58 Å². The van der Waals surface area contributed by atoms with Crippen LogP contribution in [0.1, 0.15) is 28.8 Å². The number of aromatic hydroxyl groups is 1. The molecule has 1 atom stereocenters. The first-order chi connectivity index (χ1) is 14.6. The average Bonchev–Trinajstić information content (AvgIpc) is 2.77. The number of aldehydes is 1. The number of rotatable bonds is 7. The van der Waals surface area contributed by atoms with Gasteiger partial charge in [0.2, 0.25) is 0 Å². The van der Waals surface area contributed by atoms with Crippen LogP contribution in [0.3, 0.4) is 0 Å². The van der Waals surface area contributed by atoms with Gasteiger partial charge in [-0.2, -0.15) is 0 Å². The van der Waals surface area contributed by atoms with Crippen molar-refractivity contribution in [2.75, 3.05) is 26.8 Å². The number of amides is 1. The minimum atomic E-state index is -0.443. The van der Waals surface area contributed by atoms with E-state index in [0.717, 1.165) is 12.8 Å². The van der Waals surface area contributed by atoms with Crippen LogP contribution in [0.25, 0.3) is 6.08 Å². The van der Waals surface area contributed by atoms with Crippen LogP contribution >= 0.6 is 0 Å². The first-order valence-corrected chi connectivity index (χ1v) is 9.73. The van der Waals surface area contributed by atoms with Gasteiger partial charge in [-0.25, -0.2) is 4.79 Å². The zero-order valence-corrected chi connectivity index (χ0v) is 16.9. The fraction of sp³-hybridized carbons (Fsp3) is 0.304. The van der Waals surface area contributed by atoms with Gasteiger partial charge in [-0.15, -0.1) is 0 Å². The van der Waals surface area contributed by atoms with Gasteiger partial charge in [-0.3, -0.25) is 4.79 Å². The summed E-state index contributed by atoms with van der Waals surface area (Å²) in [6.45, 7) is 5.15. The topological polar surface area (TPSA) is 85.3 Å². The summed E-state index contributed by atoms with van der Waals surface area (Å²) in [7, 11) is 1.55. The Bertz CT molecular complexity index is 926. The molecule has 1 aliphatic heterocycles. The molecule has 0 spiro atoms. The number of methoxy groups -OCH3 is 1. The van der Waals surface area contributed by atoms with Crippen LogP contribution in [-0.4, -0.2) is 49.2 Å². The molecule has 0 bridgehead atoms. The Morgan fingerprint density at radius 3 is 2.67 bits per heavy atom. The summed E-state index contributed by atoms with van der Waals surface area (Å²) in [6, 6.07) is 9.92. The molecule has 1 amide bonds. The lowest BCUT2D eigenvalue weighted by Crippen LogP contribution is -2.43. The maximum Gasteiger partial charge on any atom is 0.415 e. The summed E-state index contributed by atoms with van der Waals surface area (Å²) >= 11 is 0. The maximum absolute atomic E-state index is 12.7. The molecule has 0 radical (unpaired) electrons. The number of likely N-dealkylation sites (tertiary alicyclic amines) is 1. The van der Waals surface area contributed by atoms with E-state index in [4.69, 9.17) is 14.2 Å². The molecule has 30 heavy (non-hydrogen) atoms. The Balaban J connectivity index is 1.62. The number of phenols is 1. The highest BCUT2D eigenvalue weighted by Gasteiger charge is 2.26. The van der Waals surface area contributed by atoms with E-state index in [1.54, 1.807) is 48.4 Å². The highest BCUT2D eigenvalue weighted by Crippen LogP contribution is 2.30. The van der Waals surface area contributed by atoms with E-state index < -0.39 is 6.09 Å². The predicted octanol–water partition coefficient (Wildman–Crippen LogP) is 4.15. The minimum Gasteiger partial charge on any atom is -0.507 e. The van der Waals surface area contributed by atoms with Crippen molar-refractivity contribution in [2.24, 2.45) is 5.92 Å². The SMILES string of the molecule is C=Cc1c(OC)cccc1OC(=O)N1CCC[C@@H](COc2cccc(O)c2C=O)C1. The minimum absolute atomic E-state index is 0.0809. The molecule has 7 heteroatoms. The number of phenolic OH excluding ortho intramolecular Hbond substituents is 1. The molecule has 1 fully saturated rings. The number of carbonyl (C=O) groups is 2. The Labute approximate surface area is 175 Å². The third kappa shape index (κ3) is 4.74. The lowest BCUT2D eigenvalue weighted by Gasteiger charge is -2.32. The molecule has 1 aliphatic rings. The molecule has 158 valence electrons. The van der Waals surface area contributed by atoms with Gasteiger partial charge in [0.1, 0.15) is 23.0 Å². The molecule has 2 aromatic rings. The molecule has 0 saturated carbocycles. The molecule has 0 aromatic heterocycles. The molecule has 0 unspecified atom stereocenters. The van der Waals surface area contributed by atoms with Gasteiger partial charge in [0.25, 0.3) is 0 Å². The summed E-state index contributed by atoms with van der Waals surface area (Å²) in [5.74, 6) is 1.27. The molecule has 1 saturated heterocycles. The van der Waals surface area contributed by atoms with E-state index in [-0.39, 0.29) is 17.2 Å². The van der Waals surface area contributed by atoms with Crippen LogP contribution in [-0.2, 0) is 0 Å². The monoisotopic (exact) mass is 411 g/mol. The van der Waals surface area contributed by atoms with E-state index >= 15 is 0 Å². The van der Waals surface area contributed by atoms with Crippen molar-refractivity contribution in [3.05, 3.63) is 54.1 Å². The van der Waals surface area contributed by atoms with Crippen molar-refractivity contribution in [3.63, 3.8) is 0 Å². The second-order valence-corrected chi connectivity index (χ2v) is 7.02. The van der Waals surface area contributed by atoms with Crippen molar-refractivity contribution >= 4 is 18.5 Å². The van der Waals surface area contributed by atoms with Crippen LogP contribution in [0, 0.1) is 5.92 Å². The normalized spacial score (nSPS) is 15.9. The van der Waals surface area contributed by atoms with Crippen LogP contribution < -0.4 is 14.2 Å². The zero-order chi connectivity index (χ0) is 21.5. The predicted molar refractivity (Wildman–Crippen MR) is 112 cm³/mol. The fourth-order valence-electron chi connectivity index (χ4n) is 3.50. The zero-order valence-electron chi connectivity index (χ0n) is 16.9. The standard InChI is InChI=1S/C23H25NO6/c1-3-17-20(28-2)9-5-11-22(17)30-23(27)24-12-6-7-16(13-24)15-29-21-10-4-8-19(26)18(21)14-25/h3-5,8-11,14,16,26H,1,6-7,12-13,15H2,2H3/t16-/m1/s1. The third-order valence-corrected chi connectivity index (χ3v) is 5.06. The van der Waals surface area contributed by atoms with Crippen molar-refractivity contribution in [3.8, 4) is 23.0 Å². The lowest BCUT2D eigenvalue weighted by atomic mass is 9.99. The highest BCUT2D eigenvalue weighted by atomic mass is 16.6. The maximum atomic E-state index is 12.7. The Kier molecular flexibility index (Phi) is 6.95. The van der Waals surface area contributed by atoms with Gasteiger partial charge < -0.3 is 24.2 Å². The van der Waals surface area contributed by atoms with Gasteiger partial charge in [-0.05, 0) is 37.1 Å². The van der Waals surface area contributed by atoms with Crippen LogP contribution in [0.2, 0.25) is 0 Å². The van der Waals surface area contributed by atoms with Crippen molar-refractivity contribution in [1.82, 2.24) is 4.90 Å². The van der Waals surface area contributed by atoms with Crippen molar-refractivity contribution in [2.45, 2.75) is 12.8 Å². The largest absolute Gasteiger partial charge is 0.507 e. The van der Waals surface area contributed by atoms with Gasteiger partial charge in [0.05, 0.1) is 24.8 Å². The fourth-order valence-corrected chi connectivity index (χ4v) is 3.50. The highest BCUT2D eigenvalue weighted by molar-refractivity contribution is 5.83. The summed E-state index contributed by atoms with van der Waals surface area (Å²) in [6.07, 6.45) is 3.42. The smallest absolute Gasteiger partial charge is 0.415 e. The summed E-state index contributed by atoms with van der Waals surface area (Å²) in [5, 5.41) is 9.77. The second kappa shape index (κ2) is 9.82. The number of carbonyl (C=O) groups excluding carboxylic acids is 2. The van der Waals surface area contributed by atoms with Gasteiger partial charge in [-0.1, -0.05) is 24.8 Å². The number of piperidine rings is 1. The van der Waals surface area contributed by atoms with Gasteiger partial charge >= 0.3 is 6.09 Å². The van der Waals surface area contributed by atoms with Crippen LogP contribution in [0.15, 0.2) is 43.0 Å². The molecular formula is C23H25NO6. The van der Waals surface area contributed by atoms with E-state index in [1.807, 2.05) is 0 Å². The second-order valence-electron chi connectivity index (χ2n) is 7.02. The van der Waals surface area contributed by atoms with Gasteiger partial charge in [0.15, 0.2) is 6.29 Å². The molecule has 1 N–H and O–H groups in total. The molecule has 7 nitrogen and oxygen atoms in total. The Morgan fingerprint density at radius 1 is 1.20 bits per heavy atom. The number of ether oxygens (including phenoxy) is 3. The molecule has 2 aromatic carbocycles. The molecule has 3 rings (SSSR count). The number of benzene rings is 2. The third-order valence-electron chi connectivity index (χ3n) is 5.06. The summed E-state index contributed by atoms with van der Waals surface area (Å²) in [5.41, 5.74) is 0.745.